The standard InChI is InChI=1S/C15H29N5O.HI/c1-16-15(17-11-14(21)18(2)3)20-10-7-13(12-20)19-8-5-4-6-9-19;/h13H,4-12H2,1-3H3,(H,16,17);1H. The van der Waals surface area contributed by atoms with Crippen molar-refractivity contribution in [3.8, 4) is 0 Å². The van der Waals surface area contributed by atoms with E-state index in [-0.39, 0.29) is 29.9 Å². The number of rotatable bonds is 3. The van der Waals surface area contributed by atoms with E-state index in [0.717, 1.165) is 19.0 Å². The van der Waals surface area contributed by atoms with Crippen LogP contribution in [0.25, 0.3) is 0 Å². The van der Waals surface area contributed by atoms with Crippen molar-refractivity contribution in [2.24, 2.45) is 4.99 Å². The molecule has 0 bridgehead atoms. The van der Waals surface area contributed by atoms with Crippen molar-refractivity contribution in [1.82, 2.24) is 20.0 Å². The van der Waals surface area contributed by atoms with Gasteiger partial charge in [-0.05, 0) is 32.4 Å². The lowest BCUT2D eigenvalue weighted by Crippen LogP contribution is -2.46. The smallest absolute Gasteiger partial charge is 0.241 e. The molecule has 1 atom stereocenters. The molecule has 0 radical (unpaired) electrons. The molecular formula is C15H30IN5O. The zero-order valence-corrected chi connectivity index (χ0v) is 16.4. The predicted octanol–water partition coefficient (Wildman–Crippen LogP) is 0.828. The summed E-state index contributed by atoms with van der Waals surface area (Å²) in [4.78, 5) is 22.5. The normalized spacial score (nSPS) is 23.1. The van der Waals surface area contributed by atoms with Crippen LogP contribution in [0.2, 0.25) is 0 Å². The number of nitrogens with one attached hydrogen (secondary N) is 1. The number of likely N-dealkylation sites (tertiary alicyclic amines) is 2. The summed E-state index contributed by atoms with van der Waals surface area (Å²) in [6.07, 6.45) is 5.24. The zero-order valence-electron chi connectivity index (χ0n) is 14.0. The molecule has 1 unspecified atom stereocenters. The third-order valence-corrected chi connectivity index (χ3v) is 4.48. The monoisotopic (exact) mass is 423 g/mol. The zero-order chi connectivity index (χ0) is 15.2. The Morgan fingerprint density at radius 1 is 1.23 bits per heavy atom. The Morgan fingerprint density at radius 2 is 1.91 bits per heavy atom. The van der Waals surface area contributed by atoms with E-state index in [4.69, 9.17) is 0 Å². The summed E-state index contributed by atoms with van der Waals surface area (Å²) in [5.41, 5.74) is 0. The van der Waals surface area contributed by atoms with Gasteiger partial charge in [0.15, 0.2) is 5.96 Å². The van der Waals surface area contributed by atoms with Gasteiger partial charge in [-0.3, -0.25) is 14.7 Å². The molecule has 2 saturated heterocycles. The number of likely N-dealkylation sites (N-methyl/N-ethyl adjacent to an activating group) is 1. The highest BCUT2D eigenvalue weighted by molar-refractivity contribution is 14.0. The molecule has 0 aromatic carbocycles. The fourth-order valence-corrected chi connectivity index (χ4v) is 3.16. The maximum absolute atomic E-state index is 11.7. The van der Waals surface area contributed by atoms with Crippen molar-refractivity contribution in [1.29, 1.82) is 0 Å². The molecule has 2 heterocycles. The Kier molecular flexibility index (Phi) is 8.45. The van der Waals surface area contributed by atoms with Gasteiger partial charge in [0.05, 0.1) is 6.54 Å². The molecule has 0 aliphatic carbocycles. The lowest BCUT2D eigenvalue weighted by atomic mass is 10.1. The molecule has 0 saturated carbocycles. The van der Waals surface area contributed by atoms with E-state index in [0.29, 0.717) is 12.6 Å². The number of carbonyl (C=O) groups is 1. The van der Waals surface area contributed by atoms with Crippen LogP contribution in [0.5, 0.6) is 0 Å². The fourth-order valence-electron chi connectivity index (χ4n) is 3.16. The molecule has 0 spiro atoms. The van der Waals surface area contributed by atoms with Crippen molar-refractivity contribution in [2.45, 2.75) is 31.7 Å². The highest BCUT2D eigenvalue weighted by Gasteiger charge is 2.30. The van der Waals surface area contributed by atoms with Crippen molar-refractivity contribution in [3.05, 3.63) is 0 Å². The molecule has 22 heavy (non-hydrogen) atoms. The molecule has 2 fully saturated rings. The molecular weight excluding hydrogens is 393 g/mol. The Labute approximate surface area is 151 Å². The number of aliphatic imine (C=N–C) groups is 1. The van der Waals surface area contributed by atoms with Crippen LogP contribution in [0.15, 0.2) is 4.99 Å². The highest BCUT2D eigenvalue weighted by Crippen LogP contribution is 2.20. The van der Waals surface area contributed by atoms with Gasteiger partial charge in [0, 0.05) is 40.3 Å². The summed E-state index contributed by atoms with van der Waals surface area (Å²) in [7, 11) is 5.33. The average Bonchev–Trinajstić information content (AvgIpc) is 2.98. The number of amides is 1. The van der Waals surface area contributed by atoms with Crippen LogP contribution in [-0.4, -0.2) is 86.5 Å². The van der Waals surface area contributed by atoms with Crippen molar-refractivity contribution in [3.63, 3.8) is 0 Å². The van der Waals surface area contributed by atoms with Crippen LogP contribution in [-0.2, 0) is 4.79 Å². The summed E-state index contributed by atoms with van der Waals surface area (Å²) in [6.45, 7) is 4.84. The number of nitrogens with zero attached hydrogens (tertiary/aromatic N) is 4. The number of carbonyl (C=O) groups excluding carboxylic acids is 1. The molecule has 0 aromatic rings. The fraction of sp³-hybridized carbons (Fsp3) is 0.867. The minimum absolute atomic E-state index is 0. The van der Waals surface area contributed by atoms with E-state index in [9.17, 15) is 4.79 Å². The van der Waals surface area contributed by atoms with Gasteiger partial charge < -0.3 is 15.1 Å². The summed E-state index contributed by atoms with van der Waals surface area (Å²) in [6, 6.07) is 0.647. The topological polar surface area (TPSA) is 51.2 Å². The van der Waals surface area contributed by atoms with E-state index in [1.54, 1.807) is 26.0 Å². The van der Waals surface area contributed by atoms with Gasteiger partial charge in [-0.1, -0.05) is 6.42 Å². The second-order valence-corrected chi connectivity index (χ2v) is 6.17. The third kappa shape index (κ3) is 5.26. The second kappa shape index (κ2) is 9.54. The lowest BCUT2D eigenvalue weighted by Gasteiger charge is -2.32. The van der Waals surface area contributed by atoms with Crippen LogP contribution in [0, 0.1) is 0 Å². The van der Waals surface area contributed by atoms with Crippen LogP contribution in [0.3, 0.4) is 0 Å². The molecule has 1 amide bonds. The number of guanidine groups is 1. The maximum atomic E-state index is 11.7. The van der Waals surface area contributed by atoms with Crippen molar-refractivity contribution >= 4 is 35.8 Å². The van der Waals surface area contributed by atoms with Gasteiger partial charge in [0.25, 0.3) is 0 Å². The minimum atomic E-state index is 0. The number of hydrogen-bond acceptors (Lipinski definition) is 3. The minimum Gasteiger partial charge on any atom is -0.347 e. The molecule has 128 valence electrons. The van der Waals surface area contributed by atoms with E-state index >= 15 is 0 Å². The number of hydrogen-bond donors (Lipinski definition) is 1. The third-order valence-electron chi connectivity index (χ3n) is 4.48. The van der Waals surface area contributed by atoms with E-state index in [1.165, 1.54) is 38.8 Å². The first-order chi connectivity index (χ1) is 10.1. The summed E-state index contributed by atoms with van der Waals surface area (Å²) >= 11 is 0. The first-order valence-corrected chi connectivity index (χ1v) is 8.01. The predicted molar refractivity (Wildman–Crippen MR) is 101 cm³/mol. The lowest BCUT2D eigenvalue weighted by molar-refractivity contribution is -0.127. The van der Waals surface area contributed by atoms with Crippen LogP contribution >= 0.6 is 24.0 Å². The van der Waals surface area contributed by atoms with Crippen LogP contribution in [0.4, 0.5) is 0 Å². The Bertz CT molecular complexity index is 382. The van der Waals surface area contributed by atoms with E-state index in [1.807, 2.05) is 0 Å². The summed E-state index contributed by atoms with van der Waals surface area (Å²) in [5, 5.41) is 3.18. The van der Waals surface area contributed by atoms with Crippen LogP contribution in [0.1, 0.15) is 25.7 Å². The SMILES string of the molecule is CN=C(NCC(=O)N(C)C)N1CCC(N2CCCCC2)C1.I. The maximum Gasteiger partial charge on any atom is 0.241 e. The highest BCUT2D eigenvalue weighted by atomic mass is 127. The summed E-state index contributed by atoms with van der Waals surface area (Å²) in [5.74, 6) is 0.924. The molecule has 2 rings (SSSR count). The van der Waals surface area contributed by atoms with Gasteiger partial charge in [-0.2, -0.15) is 0 Å². The largest absolute Gasteiger partial charge is 0.347 e. The molecule has 7 heteroatoms. The molecule has 6 nitrogen and oxygen atoms in total. The molecule has 2 aliphatic heterocycles. The molecule has 0 aromatic heterocycles. The van der Waals surface area contributed by atoms with Gasteiger partial charge in [0.1, 0.15) is 0 Å². The Hall–Kier alpha value is -0.570. The average molecular weight is 423 g/mol. The first-order valence-electron chi connectivity index (χ1n) is 8.01. The first kappa shape index (κ1) is 19.5. The van der Waals surface area contributed by atoms with Crippen LogP contribution < -0.4 is 5.32 Å². The quantitative estimate of drug-likeness (QED) is 0.415. The van der Waals surface area contributed by atoms with Gasteiger partial charge in [0.2, 0.25) is 5.91 Å². The number of halogens is 1. The molecule has 2 aliphatic rings. The van der Waals surface area contributed by atoms with Gasteiger partial charge >= 0.3 is 0 Å². The Morgan fingerprint density at radius 3 is 2.50 bits per heavy atom. The second-order valence-electron chi connectivity index (χ2n) is 6.17. The van der Waals surface area contributed by atoms with Crippen molar-refractivity contribution < 1.29 is 4.79 Å². The van der Waals surface area contributed by atoms with E-state index in [2.05, 4.69) is 20.1 Å². The molecule has 1 N–H and O–H groups in total. The Balaban J connectivity index is 0.00000242. The van der Waals surface area contributed by atoms with Gasteiger partial charge in [-0.15, -0.1) is 24.0 Å². The summed E-state index contributed by atoms with van der Waals surface area (Å²) < 4.78 is 0. The number of piperidine rings is 1. The van der Waals surface area contributed by atoms with Crippen molar-refractivity contribution in [2.75, 3.05) is 53.9 Å². The van der Waals surface area contributed by atoms with E-state index < -0.39 is 0 Å². The van der Waals surface area contributed by atoms with Gasteiger partial charge in [-0.25, -0.2) is 0 Å².